The zero-order valence-corrected chi connectivity index (χ0v) is 16.7. The third-order valence-electron chi connectivity index (χ3n) is 4.61. The molecule has 0 saturated carbocycles. The van der Waals surface area contributed by atoms with Gasteiger partial charge in [0.05, 0.1) is 17.8 Å². The minimum absolute atomic E-state index is 0.0164. The maximum atomic E-state index is 13.0. The lowest BCUT2D eigenvalue weighted by Gasteiger charge is -2.24. The SMILES string of the molecule is CN(C)CCN1C(=O)CN(Cc2cc(C(=O)O)ccn2)Cc2ccc(Cl)cc21. The predicted octanol–water partition coefficient (Wildman–Crippen LogP) is 2.34. The number of carboxylic acid groups (broad SMARTS) is 1. The van der Waals surface area contributed by atoms with Crippen molar-refractivity contribution in [3.63, 3.8) is 0 Å². The summed E-state index contributed by atoms with van der Waals surface area (Å²) < 4.78 is 0. The number of hydrogen-bond acceptors (Lipinski definition) is 5. The van der Waals surface area contributed by atoms with E-state index in [9.17, 15) is 14.7 Å². The van der Waals surface area contributed by atoms with E-state index < -0.39 is 5.97 Å². The molecule has 0 spiro atoms. The van der Waals surface area contributed by atoms with Crippen LogP contribution >= 0.6 is 11.6 Å². The van der Waals surface area contributed by atoms with Crippen LogP contribution in [0.5, 0.6) is 0 Å². The molecule has 0 atom stereocenters. The molecule has 0 unspecified atom stereocenters. The lowest BCUT2D eigenvalue weighted by molar-refractivity contribution is -0.119. The highest BCUT2D eigenvalue weighted by atomic mass is 35.5. The van der Waals surface area contributed by atoms with Crippen molar-refractivity contribution < 1.29 is 14.7 Å². The number of fused-ring (bicyclic) bond motifs is 1. The second-order valence-electron chi connectivity index (χ2n) is 7.11. The van der Waals surface area contributed by atoms with E-state index in [0.717, 1.165) is 17.8 Å². The Labute approximate surface area is 169 Å². The van der Waals surface area contributed by atoms with Crippen molar-refractivity contribution in [3.05, 3.63) is 58.4 Å². The summed E-state index contributed by atoms with van der Waals surface area (Å²) in [5.74, 6) is -1.01. The second kappa shape index (κ2) is 8.68. The molecule has 1 aliphatic heterocycles. The van der Waals surface area contributed by atoms with Crippen molar-refractivity contribution in [3.8, 4) is 0 Å². The molecule has 2 aromatic rings. The molecule has 1 aromatic heterocycles. The van der Waals surface area contributed by atoms with Crippen molar-refractivity contribution in [1.82, 2.24) is 14.8 Å². The van der Waals surface area contributed by atoms with Crippen LogP contribution in [0.1, 0.15) is 21.6 Å². The second-order valence-corrected chi connectivity index (χ2v) is 7.54. The number of hydrogen-bond donors (Lipinski definition) is 1. The van der Waals surface area contributed by atoms with E-state index >= 15 is 0 Å². The molecule has 7 nitrogen and oxygen atoms in total. The summed E-state index contributed by atoms with van der Waals surface area (Å²) in [6.07, 6.45) is 1.48. The zero-order chi connectivity index (χ0) is 20.3. The summed E-state index contributed by atoms with van der Waals surface area (Å²) in [6.45, 7) is 2.46. The predicted molar refractivity (Wildman–Crippen MR) is 108 cm³/mol. The van der Waals surface area contributed by atoms with E-state index in [2.05, 4.69) is 4.98 Å². The summed E-state index contributed by atoms with van der Waals surface area (Å²) in [6, 6.07) is 8.59. The molecule has 2 heterocycles. The van der Waals surface area contributed by atoms with E-state index in [-0.39, 0.29) is 18.0 Å². The van der Waals surface area contributed by atoms with Gasteiger partial charge in [0.25, 0.3) is 0 Å². The standard InChI is InChI=1S/C20H23ClN4O3/c1-23(2)7-8-25-18-10-16(21)4-3-15(18)11-24(13-19(25)26)12-17-9-14(20(27)28)5-6-22-17/h3-6,9-10H,7-8,11-13H2,1-2H3,(H,27,28). The van der Waals surface area contributed by atoms with Crippen LogP contribution in [0.25, 0.3) is 0 Å². The fourth-order valence-electron chi connectivity index (χ4n) is 3.21. The van der Waals surface area contributed by atoms with E-state index in [1.54, 1.807) is 11.0 Å². The largest absolute Gasteiger partial charge is 0.478 e. The van der Waals surface area contributed by atoms with Gasteiger partial charge in [-0.3, -0.25) is 14.7 Å². The molecule has 1 aromatic carbocycles. The van der Waals surface area contributed by atoms with Crippen molar-refractivity contribution in [2.75, 3.05) is 38.6 Å². The third-order valence-corrected chi connectivity index (χ3v) is 4.85. The molecule has 0 aliphatic carbocycles. The molecule has 0 saturated heterocycles. The fraction of sp³-hybridized carbons (Fsp3) is 0.350. The number of pyridine rings is 1. The molecule has 148 valence electrons. The quantitative estimate of drug-likeness (QED) is 0.799. The fourth-order valence-corrected chi connectivity index (χ4v) is 3.38. The van der Waals surface area contributed by atoms with Crippen LogP contribution in [0.15, 0.2) is 36.5 Å². The van der Waals surface area contributed by atoms with Crippen molar-refractivity contribution in [2.45, 2.75) is 13.1 Å². The summed E-state index contributed by atoms with van der Waals surface area (Å²) in [7, 11) is 3.93. The molecule has 3 rings (SSSR count). The van der Waals surface area contributed by atoms with Crippen molar-refractivity contribution in [1.29, 1.82) is 0 Å². The Bertz CT molecular complexity index is 888. The van der Waals surface area contributed by atoms with Gasteiger partial charge in [-0.15, -0.1) is 0 Å². The first-order valence-corrected chi connectivity index (χ1v) is 9.35. The molecule has 0 bridgehead atoms. The molecule has 1 amide bonds. The number of carbonyl (C=O) groups is 2. The molecule has 1 aliphatic rings. The summed E-state index contributed by atoms with van der Waals surface area (Å²) in [5.41, 5.74) is 2.63. The molecule has 28 heavy (non-hydrogen) atoms. The molecule has 8 heteroatoms. The van der Waals surface area contributed by atoms with Gasteiger partial charge in [-0.2, -0.15) is 0 Å². The number of carboxylic acids is 1. The zero-order valence-electron chi connectivity index (χ0n) is 15.9. The first-order valence-electron chi connectivity index (χ1n) is 8.97. The van der Waals surface area contributed by atoms with Gasteiger partial charge in [0.1, 0.15) is 0 Å². The number of amides is 1. The van der Waals surface area contributed by atoms with E-state index in [4.69, 9.17) is 11.6 Å². The number of anilines is 1. The number of aromatic carboxylic acids is 1. The Kier molecular flexibility index (Phi) is 6.28. The Morgan fingerprint density at radius 2 is 2.04 bits per heavy atom. The normalized spacial score (nSPS) is 14.9. The maximum Gasteiger partial charge on any atom is 0.335 e. The molecular weight excluding hydrogens is 380 g/mol. The van der Waals surface area contributed by atoms with Gasteiger partial charge in [0.2, 0.25) is 5.91 Å². The minimum Gasteiger partial charge on any atom is -0.478 e. The van der Waals surface area contributed by atoms with E-state index in [0.29, 0.717) is 30.4 Å². The van der Waals surface area contributed by atoms with Crippen LogP contribution in [0.2, 0.25) is 5.02 Å². The van der Waals surface area contributed by atoms with Crippen LogP contribution in [-0.2, 0) is 17.9 Å². The monoisotopic (exact) mass is 402 g/mol. The molecular formula is C20H23ClN4O3. The number of aromatic nitrogens is 1. The summed E-state index contributed by atoms with van der Waals surface area (Å²) in [4.78, 5) is 34.2. The summed E-state index contributed by atoms with van der Waals surface area (Å²) in [5, 5.41) is 9.77. The van der Waals surface area contributed by atoms with Crippen LogP contribution < -0.4 is 4.90 Å². The van der Waals surface area contributed by atoms with Gasteiger partial charge < -0.3 is 14.9 Å². The van der Waals surface area contributed by atoms with Gasteiger partial charge in [-0.05, 0) is 43.9 Å². The minimum atomic E-state index is -0.995. The highest BCUT2D eigenvalue weighted by molar-refractivity contribution is 6.31. The summed E-state index contributed by atoms with van der Waals surface area (Å²) >= 11 is 6.19. The number of benzene rings is 1. The Morgan fingerprint density at radius 3 is 2.75 bits per heavy atom. The van der Waals surface area contributed by atoms with Gasteiger partial charge in [-0.25, -0.2) is 4.79 Å². The maximum absolute atomic E-state index is 13.0. The Hall–Kier alpha value is -2.48. The van der Waals surface area contributed by atoms with Gasteiger partial charge >= 0.3 is 5.97 Å². The smallest absolute Gasteiger partial charge is 0.335 e. The Morgan fingerprint density at radius 1 is 1.25 bits per heavy atom. The van der Waals surface area contributed by atoms with E-state index in [1.165, 1.54) is 12.3 Å². The van der Waals surface area contributed by atoms with Crippen molar-refractivity contribution >= 4 is 29.2 Å². The number of nitrogens with zero attached hydrogens (tertiary/aromatic N) is 4. The average molecular weight is 403 g/mol. The van der Waals surface area contributed by atoms with Gasteiger partial charge in [0, 0.05) is 43.1 Å². The topological polar surface area (TPSA) is 77.0 Å². The average Bonchev–Trinajstić information content (AvgIpc) is 2.75. The third kappa shape index (κ3) is 4.86. The first-order chi connectivity index (χ1) is 13.3. The molecule has 0 radical (unpaired) electrons. The first kappa shape index (κ1) is 20.3. The van der Waals surface area contributed by atoms with Gasteiger partial charge in [-0.1, -0.05) is 17.7 Å². The molecule has 0 fully saturated rings. The van der Waals surface area contributed by atoms with Crippen molar-refractivity contribution in [2.24, 2.45) is 0 Å². The van der Waals surface area contributed by atoms with Crippen LogP contribution in [0.3, 0.4) is 0 Å². The lowest BCUT2D eigenvalue weighted by atomic mass is 10.1. The van der Waals surface area contributed by atoms with Crippen LogP contribution in [0, 0.1) is 0 Å². The number of carbonyl (C=O) groups excluding carboxylic acids is 1. The van der Waals surface area contributed by atoms with Crippen LogP contribution in [-0.4, -0.2) is 65.5 Å². The highest BCUT2D eigenvalue weighted by Gasteiger charge is 2.27. The van der Waals surface area contributed by atoms with Crippen LogP contribution in [0.4, 0.5) is 5.69 Å². The number of likely N-dealkylation sites (N-methyl/N-ethyl adjacent to an activating group) is 1. The lowest BCUT2D eigenvalue weighted by Crippen LogP contribution is -2.40. The van der Waals surface area contributed by atoms with Gasteiger partial charge in [0.15, 0.2) is 0 Å². The number of rotatable bonds is 6. The number of halogens is 1. The Balaban J connectivity index is 1.87. The molecule has 1 N–H and O–H groups in total. The van der Waals surface area contributed by atoms with E-state index in [1.807, 2.05) is 42.1 Å². The highest BCUT2D eigenvalue weighted by Crippen LogP contribution is 2.29.